The second kappa shape index (κ2) is 14.9. The summed E-state index contributed by atoms with van der Waals surface area (Å²) in [4.78, 5) is 50.7. The molecule has 0 aromatic heterocycles. The van der Waals surface area contributed by atoms with Gasteiger partial charge in [0.2, 0.25) is 5.91 Å². The fraction of sp³-hybridized carbons (Fsp3) is 0.290. The molecule has 220 valence electrons. The maximum Gasteiger partial charge on any atom is 0.338 e. The Morgan fingerprint density at radius 1 is 0.714 bits per heavy atom. The van der Waals surface area contributed by atoms with Gasteiger partial charge in [-0.15, -0.1) is 0 Å². The van der Waals surface area contributed by atoms with Gasteiger partial charge in [-0.2, -0.15) is 0 Å². The van der Waals surface area contributed by atoms with E-state index in [1.165, 1.54) is 6.92 Å². The normalized spacial score (nSPS) is 21.5. The van der Waals surface area contributed by atoms with Gasteiger partial charge >= 0.3 is 17.9 Å². The zero-order valence-electron chi connectivity index (χ0n) is 22.8. The number of aliphatic hydroxyl groups excluding tert-OH is 1. The average molecular weight is 578 g/mol. The van der Waals surface area contributed by atoms with Crippen molar-refractivity contribution in [2.75, 3.05) is 19.8 Å². The Morgan fingerprint density at radius 2 is 1.19 bits per heavy atom. The van der Waals surface area contributed by atoms with Crippen molar-refractivity contribution in [3.8, 4) is 0 Å². The Hall–Kier alpha value is -4.58. The highest BCUT2D eigenvalue weighted by molar-refractivity contribution is 5.90. The Kier molecular flexibility index (Phi) is 10.8. The largest absolute Gasteiger partial charge is 0.460 e. The summed E-state index contributed by atoms with van der Waals surface area (Å²) in [6.07, 6.45) is -5.14. The minimum atomic E-state index is -1.34. The van der Waals surface area contributed by atoms with E-state index in [4.69, 9.17) is 23.7 Å². The summed E-state index contributed by atoms with van der Waals surface area (Å²) < 4.78 is 28.5. The highest BCUT2D eigenvalue weighted by Crippen LogP contribution is 2.28. The molecule has 1 fully saturated rings. The zero-order chi connectivity index (χ0) is 29.9. The van der Waals surface area contributed by atoms with Crippen LogP contribution in [0.1, 0.15) is 38.0 Å². The van der Waals surface area contributed by atoms with Gasteiger partial charge in [-0.1, -0.05) is 54.6 Å². The molecule has 0 aliphatic carbocycles. The highest BCUT2D eigenvalue weighted by Gasteiger charge is 2.51. The molecule has 1 aliphatic rings. The summed E-state index contributed by atoms with van der Waals surface area (Å²) in [7, 11) is 0. The molecule has 0 unspecified atom stereocenters. The van der Waals surface area contributed by atoms with E-state index in [2.05, 4.69) is 5.32 Å². The fourth-order valence-corrected chi connectivity index (χ4v) is 4.35. The predicted octanol–water partition coefficient (Wildman–Crippen LogP) is 2.53. The minimum absolute atomic E-state index is 0.161. The molecule has 5 atom stereocenters. The second-order valence-electron chi connectivity index (χ2n) is 9.30. The van der Waals surface area contributed by atoms with Crippen LogP contribution >= 0.6 is 0 Å². The quantitative estimate of drug-likeness (QED) is 0.198. The van der Waals surface area contributed by atoms with Crippen LogP contribution in [0.15, 0.2) is 91.0 Å². The van der Waals surface area contributed by atoms with Crippen LogP contribution in [0, 0.1) is 0 Å². The van der Waals surface area contributed by atoms with E-state index in [-0.39, 0.29) is 24.3 Å². The molecule has 0 bridgehead atoms. The number of nitrogens with one attached hydrogen (secondary N) is 1. The molecular formula is C31H31NO10. The maximum absolute atomic E-state index is 13.1. The number of carbonyl (C=O) groups is 4. The van der Waals surface area contributed by atoms with Crippen molar-refractivity contribution in [1.82, 2.24) is 5.32 Å². The molecule has 2 N–H and O–H groups in total. The van der Waals surface area contributed by atoms with E-state index in [1.54, 1.807) is 91.0 Å². The number of carbonyl (C=O) groups excluding carboxylic acids is 4. The number of hydrogen-bond donors (Lipinski definition) is 2. The topological polar surface area (TPSA) is 147 Å². The van der Waals surface area contributed by atoms with Crippen molar-refractivity contribution in [2.45, 2.75) is 37.6 Å². The first-order chi connectivity index (χ1) is 20.4. The molecule has 1 amide bonds. The maximum atomic E-state index is 13.1. The molecule has 1 aliphatic heterocycles. The van der Waals surface area contributed by atoms with E-state index in [0.717, 1.165) is 0 Å². The molecule has 0 spiro atoms. The number of amides is 1. The van der Waals surface area contributed by atoms with E-state index in [9.17, 15) is 24.3 Å². The standard InChI is InChI=1S/C31H31NO10/c1-20(34)32-25-27(42-30(37)23-15-9-4-10-16-23)26(41-29(36)22-13-7-3-8-14-22)24(19-33)40-31(25)39-18-17-38-28(35)21-11-5-2-6-12-21/h2-16,24-27,31,33H,17-19H2,1H3,(H,32,34)/t24-,25-,26-,27-,31-/m1/s1. The first kappa shape index (κ1) is 30.4. The van der Waals surface area contributed by atoms with Crippen LogP contribution in [-0.4, -0.2) is 79.4 Å². The van der Waals surface area contributed by atoms with Gasteiger partial charge < -0.3 is 34.1 Å². The Labute approximate surface area is 242 Å². The van der Waals surface area contributed by atoms with Crippen molar-refractivity contribution >= 4 is 23.8 Å². The molecule has 3 aromatic rings. The third-order valence-corrected chi connectivity index (χ3v) is 6.31. The van der Waals surface area contributed by atoms with Crippen molar-refractivity contribution in [3.63, 3.8) is 0 Å². The Bertz CT molecular complexity index is 1340. The van der Waals surface area contributed by atoms with Gasteiger partial charge in [0.1, 0.15) is 18.8 Å². The second-order valence-corrected chi connectivity index (χ2v) is 9.30. The lowest BCUT2D eigenvalue weighted by Gasteiger charge is -2.44. The van der Waals surface area contributed by atoms with Gasteiger partial charge in [-0.25, -0.2) is 14.4 Å². The predicted molar refractivity (Wildman–Crippen MR) is 147 cm³/mol. The van der Waals surface area contributed by atoms with Gasteiger partial charge in [0.15, 0.2) is 18.5 Å². The first-order valence-electron chi connectivity index (χ1n) is 13.3. The third kappa shape index (κ3) is 8.00. The molecular weight excluding hydrogens is 546 g/mol. The van der Waals surface area contributed by atoms with Gasteiger partial charge in [-0.05, 0) is 36.4 Å². The summed E-state index contributed by atoms with van der Waals surface area (Å²) in [5.74, 6) is -2.58. The number of hydrogen-bond acceptors (Lipinski definition) is 10. The molecule has 4 rings (SSSR count). The van der Waals surface area contributed by atoms with E-state index in [0.29, 0.717) is 5.56 Å². The lowest BCUT2D eigenvalue weighted by Crippen LogP contribution is -2.66. The Morgan fingerprint density at radius 3 is 1.67 bits per heavy atom. The van der Waals surface area contributed by atoms with Crippen LogP contribution in [0.2, 0.25) is 0 Å². The Balaban J connectivity index is 1.55. The molecule has 3 aromatic carbocycles. The van der Waals surface area contributed by atoms with Crippen LogP contribution in [-0.2, 0) is 28.5 Å². The lowest BCUT2D eigenvalue weighted by atomic mass is 9.95. The van der Waals surface area contributed by atoms with Crippen molar-refractivity contribution in [1.29, 1.82) is 0 Å². The van der Waals surface area contributed by atoms with E-state index in [1.807, 2.05) is 0 Å². The van der Waals surface area contributed by atoms with Crippen LogP contribution in [0.5, 0.6) is 0 Å². The molecule has 0 radical (unpaired) electrons. The van der Waals surface area contributed by atoms with Crippen molar-refractivity contribution in [2.24, 2.45) is 0 Å². The zero-order valence-corrected chi connectivity index (χ0v) is 22.8. The number of rotatable bonds is 11. The molecule has 0 saturated carbocycles. The minimum Gasteiger partial charge on any atom is -0.460 e. The number of ether oxygens (including phenoxy) is 5. The fourth-order valence-electron chi connectivity index (χ4n) is 4.35. The molecule has 1 heterocycles. The first-order valence-corrected chi connectivity index (χ1v) is 13.3. The van der Waals surface area contributed by atoms with Crippen LogP contribution in [0.3, 0.4) is 0 Å². The average Bonchev–Trinajstić information content (AvgIpc) is 3.02. The van der Waals surface area contributed by atoms with Crippen molar-refractivity contribution < 1.29 is 48.0 Å². The summed E-state index contributed by atoms with van der Waals surface area (Å²) in [6, 6.07) is 23.4. The molecule has 42 heavy (non-hydrogen) atoms. The van der Waals surface area contributed by atoms with Crippen LogP contribution in [0.4, 0.5) is 0 Å². The number of esters is 3. The van der Waals surface area contributed by atoms with Gasteiger partial charge in [0.25, 0.3) is 0 Å². The summed E-state index contributed by atoms with van der Waals surface area (Å²) in [6.45, 7) is 0.288. The van der Waals surface area contributed by atoms with Gasteiger partial charge in [-0.3, -0.25) is 4.79 Å². The van der Waals surface area contributed by atoms with Crippen molar-refractivity contribution in [3.05, 3.63) is 108 Å². The smallest absolute Gasteiger partial charge is 0.338 e. The molecule has 1 saturated heterocycles. The van der Waals surface area contributed by atoms with E-state index < -0.39 is 61.1 Å². The SMILES string of the molecule is CC(=O)N[C@H]1[C@H](OCCOC(=O)c2ccccc2)O[C@H](CO)[C@@H](OC(=O)c2ccccc2)[C@@H]1OC(=O)c1ccccc1. The molecule has 11 nitrogen and oxygen atoms in total. The molecule has 11 heteroatoms. The summed E-state index contributed by atoms with van der Waals surface area (Å²) in [5, 5.41) is 12.9. The highest BCUT2D eigenvalue weighted by atomic mass is 16.7. The summed E-state index contributed by atoms with van der Waals surface area (Å²) >= 11 is 0. The van der Waals surface area contributed by atoms with Crippen LogP contribution in [0.25, 0.3) is 0 Å². The summed E-state index contributed by atoms with van der Waals surface area (Å²) in [5.41, 5.74) is 0.792. The lowest BCUT2D eigenvalue weighted by molar-refractivity contribution is -0.270. The van der Waals surface area contributed by atoms with Crippen LogP contribution < -0.4 is 5.32 Å². The monoisotopic (exact) mass is 577 g/mol. The van der Waals surface area contributed by atoms with Gasteiger partial charge in [0.05, 0.1) is 29.9 Å². The number of benzene rings is 3. The van der Waals surface area contributed by atoms with Gasteiger partial charge in [0, 0.05) is 6.92 Å². The number of aliphatic hydroxyl groups is 1. The third-order valence-electron chi connectivity index (χ3n) is 6.31. The van der Waals surface area contributed by atoms with E-state index >= 15 is 0 Å².